The Morgan fingerprint density at radius 3 is 2.86 bits per heavy atom. The van der Waals surface area contributed by atoms with Crippen LogP contribution < -0.4 is 5.56 Å². The van der Waals surface area contributed by atoms with E-state index in [2.05, 4.69) is 22.9 Å². The monoisotopic (exact) mass is 493 g/mol. The Morgan fingerprint density at radius 2 is 2.10 bits per heavy atom. The second-order valence-electron chi connectivity index (χ2n) is 7.32. The van der Waals surface area contributed by atoms with Crippen LogP contribution in [-0.2, 0) is 11.2 Å². The molecule has 5 nitrogen and oxygen atoms in total. The first-order valence-electron chi connectivity index (χ1n) is 10.1. The molecule has 2 aliphatic heterocycles. The highest BCUT2D eigenvalue weighted by Gasteiger charge is 2.27. The molecule has 29 heavy (non-hydrogen) atoms. The maximum Gasteiger partial charge on any atom is 0.272 e. The van der Waals surface area contributed by atoms with Gasteiger partial charge in [-0.05, 0) is 49.9 Å². The molecule has 0 radical (unpaired) electrons. The lowest BCUT2D eigenvalue weighted by Gasteiger charge is -2.35. The number of fused-ring (bicyclic) bond motifs is 1. The van der Waals surface area contributed by atoms with Crippen LogP contribution >= 0.6 is 39.5 Å². The molecule has 1 atom stereocenters. The highest BCUT2D eigenvalue weighted by Crippen LogP contribution is 2.30. The van der Waals surface area contributed by atoms with Crippen molar-refractivity contribution >= 4 is 45.4 Å². The first-order valence-corrected chi connectivity index (χ1v) is 12.8. The Bertz CT molecular complexity index is 962. The van der Waals surface area contributed by atoms with Crippen LogP contribution in [-0.4, -0.2) is 44.5 Å². The Labute approximate surface area is 187 Å². The summed E-state index contributed by atoms with van der Waals surface area (Å²) in [6, 6.07) is 7.99. The Hall–Kier alpha value is -1.25. The Balaban J connectivity index is 1.63. The zero-order valence-electron chi connectivity index (χ0n) is 16.4. The number of likely N-dealkylation sites (tertiary alicyclic amines) is 1. The minimum Gasteiger partial charge on any atom is -0.339 e. The zero-order valence-corrected chi connectivity index (χ0v) is 19.6. The molecule has 0 bridgehead atoms. The fraction of sp³-hybridized carbons (Fsp3) is 0.476. The number of nitrogens with zero attached hydrogens (tertiary/aromatic N) is 3. The molecular formula is C21H24BrN3O2S2. The van der Waals surface area contributed by atoms with Gasteiger partial charge >= 0.3 is 0 Å². The third-order valence-electron chi connectivity index (χ3n) is 5.49. The molecule has 1 fully saturated rings. The van der Waals surface area contributed by atoms with Crippen LogP contribution in [0.4, 0.5) is 0 Å². The van der Waals surface area contributed by atoms with Gasteiger partial charge in [-0.2, -0.15) is 0 Å². The van der Waals surface area contributed by atoms with Crippen LogP contribution in [0, 0.1) is 0 Å². The van der Waals surface area contributed by atoms with Crippen LogP contribution in [0.25, 0.3) is 5.69 Å². The van der Waals surface area contributed by atoms with Crippen molar-refractivity contribution in [3.63, 3.8) is 0 Å². The molecule has 1 aromatic heterocycles. The predicted molar refractivity (Wildman–Crippen MR) is 122 cm³/mol. The lowest BCUT2D eigenvalue weighted by molar-refractivity contribution is -0.132. The number of halogens is 1. The average Bonchev–Trinajstić information content (AvgIpc) is 3.22. The Kier molecular flexibility index (Phi) is 6.71. The molecule has 4 rings (SSSR count). The quantitative estimate of drug-likeness (QED) is 0.452. The van der Waals surface area contributed by atoms with Gasteiger partial charge < -0.3 is 4.90 Å². The molecule has 0 aliphatic carbocycles. The van der Waals surface area contributed by atoms with Gasteiger partial charge in [0.15, 0.2) is 5.16 Å². The molecule has 0 unspecified atom stereocenters. The molecule has 2 aliphatic rings. The predicted octanol–water partition coefficient (Wildman–Crippen LogP) is 4.53. The third kappa shape index (κ3) is 4.44. The van der Waals surface area contributed by atoms with Crippen LogP contribution in [0.2, 0.25) is 0 Å². The molecular weight excluding hydrogens is 470 g/mol. The normalized spacial score (nSPS) is 18.7. The fourth-order valence-electron chi connectivity index (χ4n) is 3.97. The summed E-state index contributed by atoms with van der Waals surface area (Å²) >= 11 is 6.40. The number of amides is 1. The van der Waals surface area contributed by atoms with E-state index in [0.29, 0.717) is 17.0 Å². The van der Waals surface area contributed by atoms with Gasteiger partial charge in [0.2, 0.25) is 5.91 Å². The summed E-state index contributed by atoms with van der Waals surface area (Å²) in [6.45, 7) is 2.99. The van der Waals surface area contributed by atoms with E-state index < -0.39 is 0 Å². The number of hydrogen-bond acceptors (Lipinski definition) is 5. The van der Waals surface area contributed by atoms with Crippen LogP contribution in [0.3, 0.4) is 0 Å². The van der Waals surface area contributed by atoms with Crippen LogP contribution in [0.1, 0.15) is 38.3 Å². The number of hydrogen-bond donors (Lipinski definition) is 0. The van der Waals surface area contributed by atoms with Crippen molar-refractivity contribution in [2.24, 2.45) is 0 Å². The average molecular weight is 494 g/mol. The molecule has 0 N–H and O–H groups in total. The van der Waals surface area contributed by atoms with Gasteiger partial charge in [0.25, 0.3) is 5.56 Å². The van der Waals surface area contributed by atoms with Gasteiger partial charge in [-0.15, -0.1) is 11.8 Å². The highest BCUT2D eigenvalue weighted by molar-refractivity contribution is 9.10. The van der Waals surface area contributed by atoms with Gasteiger partial charge in [-0.25, -0.2) is 4.98 Å². The first-order chi connectivity index (χ1) is 14.1. The van der Waals surface area contributed by atoms with Gasteiger partial charge in [0.1, 0.15) is 0 Å². The topological polar surface area (TPSA) is 55.2 Å². The van der Waals surface area contributed by atoms with E-state index in [1.165, 1.54) is 18.2 Å². The van der Waals surface area contributed by atoms with Crippen molar-refractivity contribution in [2.75, 3.05) is 18.1 Å². The molecule has 8 heteroatoms. The van der Waals surface area contributed by atoms with Crippen molar-refractivity contribution in [1.29, 1.82) is 0 Å². The van der Waals surface area contributed by atoms with Gasteiger partial charge in [-0.1, -0.05) is 34.6 Å². The second-order valence-corrected chi connectivity index (χ2v) is 10.3. The first kappa shape index (κ1) is 21.0. The minimum absolute atomic E-state index is 0.0285. The maximum atomic E-state index is 13.2. The van der Waals surface area contributed by atoms with Crippen molar-refractivity contribution in [2.45, 2.75) is 55.1 Å². The third-order valence-corrected chi connectivity index (χ3v) is 8.05. The summed E-state index contributed by atoms with van der Waals surface area (Å²) in [5.41, 5.74) is 1.62. The smallest absolute Gasteiger partial charge is 0.272 e. The van der Waals surface area contributed by atoms with Crippen LogP contribution in [0.5, 0.6) is 0 Å². The molecule has 2 aromatic rings. The molecule has 3 heterocycles. The number of rotatable bonds is 5. The summed E-state index contributed by atoms with van der Waals surface area (Å²) in [5, 5.41) is 0.608. The standard InChI is InChI=1S/C21H24BrN3O2S2/c1-2-15-5-3-4-11-24(15)18(26)13-29-21-23-17-10-12-28-19(17)20(27)25(21)16-8-6-14(22)7-9-16/h6-9,15H,2-5,10-13H2,1H3/t15-/m0/s1. The summed E-state index contributed by atoms with van der Waals surface area (Å²) in [4.78, 5) is 33.7. The van der Waals surface area contributed by atoms with Gasteiger partial charge in [0, 0.05) is 29.2 Å². The summed E-state index contributed by atoms with van der Waals surface area (Å²) in [5.74, 6) is 1.34. The second kappa shape index (κ2) is 9.27. The van der Waals surface area contributed by atoms with E-state index in [4.69, 9.17) is 4.98 Å². The molecule has 0 spiro atoms. The van der Waals surface area contributed by atoms with Crippen molar-refractivity contribution in [1.82, 2.24) is 14.5 Å². The number of piperidine rings is 1. The number of benzene rings is 1. The SMILES string of the molecule is CC[C@H]1CCCCN1C(=O)CSc1nc2c(c(=O)n1-c1ccc(Br)cc1)SCC2. The minimum atomic E-state index is -0.0285. The number of carbonyl (C=O) groups excluding carboxylic acids is 1. The van der Waals surface area contributed by atoms with Crippen LogP contribution in [0.15, 0.2) is 43.6 Å². The number of aromatic nitrogens is 2. The Morgan fingerprint density at radius 1 is 1.31 bits per heavy atom. The molecule has 154 valence electrons. The number of thioether (sulfide) groups is 2. The molecule has 1 amide bonds. The summed E-state index contributed by atoms with van der Waals surface area (Å²) < 4.78 is 2.62. The van der Waals surface area contributed by atoms with E-state index in [-0.39, 0.29) is 11.5 Å². The molecule has 0 saturated carbocycles. The van der Waals surface area contributed by atoms with Crippen molar-refractivity contribution in [3.05, 3.63) is 44.8 Å². The number of carbonyl (C=O) groups is 1. The van der Waals surface area contributed by atoms with Gasteiger partial charge in [0.05, 0.1) is 22.0 Å². The molecule has 1 saturated heterocycles. The lowest BCUT2D eigenvalue weighted by Crippen LogP contribution is -2.44. The van der Waals surface area contributed by atoms with Crippen molar-refractivity contribution < 1.29 is 4.79 Å². The van der Waals surface area contributed by atoms with E-state index in [9.17, 15) is 9.59 Å². The highest BCUT2D eigenvalue weighted by atomic mass is 79.9. The lowest BCUT2D eigenvalue weighted by atomic mass is 10.0. The molecule has 1 aromatic carbocycles. The fourth-order valence-corrected chi connectivity index (χ4v) is 6.17. The largest absolute Gasteiger partial charge is 0.339 e. The number of aryl methyl sites for hydroxylation is 1. The summed E-state index contributed by atoms with van der Waals surface area (Å²) in [6.07, 6.45) is 5.16. The van der Waals surface area contributed by atoms with E-state index in [0.717, 1.165) is 58.7 Å². The zero-order chi connectivity index (χ0) is 20.4. The maximum absolute atomic E-state index is 13.2. The van der Waals surface area contributed by atoms with Crippen molar-refractivity contribution in [3.8, 4) is 5.69 Å². The van der Waals surface area contributed by atoms with Gasteiger partial charge in [-0.3, -0.25) is 14.2 Å². The van der Waals surface area contributed by atoms with E-state index in [1.807, 2.05) is 29.2 Å². The summed E-state index contributed by atoms with van der Waals surface area (Å²) in [7, 11) is 0. The van der Waals surface area contributed by atoms with E-state index in [1.54, 1.807) is 16.3 Å². The van der Waals surface area contributed by atoms with E-state index >= 15 is 0 Å².